The second kappa shape index (κ2) is 10.5. The molecular weight excluding hydrogens is 248 g/mol. The first-order valence-corrected chi connectivity index (χ1v) is 7.95. The van der Waals surface area contributed by atoms with Crippen LogP contribution >= 0.6 is 0 Å². The van der Waals surface area contributed by atoms with Gasteiger partial charge in [-0.15, -0.1) is 0 Å². The first-order valence-electron chi connectivity index (χ1n) is 7.95. The summed E-state index contributed by atoms with van der Waals surface area (Å²) in [7, 11) is 1.55. The van der Waals surface area contributed by atoms with Crippen LogP contribution in [0.4, 0.5) is 0 Å². The largest absolute Gasteiger partial charge is 0.493 e. The van der Waals surface area contributed by atoms with Crippen molar-refractivity contribution in [3.63, 3.8) is 0 Å². The number of ether oxygens (including phenoxy) is 1. The second-order valence-electron chi connectivity index (χ2n) is 5.37. The van der Waals surface area contributed by atoms with E-state index in [0.717, 1.165) is 18.4 Å². The smallest absolute Gasteiger partial charge is 0.223 e. The van der Waals surface area contributed by atoms with Crippen LogP contribution in [-0.2, 0) is 6.42 Å². The maximum absolute atomic E-state index is 12.1. The summed E-state index contributed by atoms with van der Waals surface area (Å²) < 4.78 is 5.12. The summed E-state index contributed by atoms with van der Waals surface area (Å²) in [6.07, 6.45) is 11.2. The summed E-state index contributed by atoms with van der Waals surface area (Å²) in [5.74, 6) is 0.449. The summed E-state index contributed by atoms with van der Waals surface area (Å²) >= 11 is 0. The van der Waals surface area contributed by atoms with Crippen molar-refractivity contribution in [2.24, 2.45) is 0 Å². The molecule has 0 aliphatic heterocycles. The lowest BCUT2D eigenvalue weighted by Gasteiger charge is -2.02. The molecule has 2 nitrogen and oxygen atoms in total. The van der Waals surface area contributed by atoms with Crippen molar-refractivity contribution in [2.45, 2.75) is 64.7 Å². The summed E-state index contributed by atoms with van der Waals surface area (Å²) in [6.45, 7) is 2.24. The zero-order valence-electron chi connectivity index (χ0n) is 13.0. The molecule has 0 aromatic heterocycles. The molecule has 0 saturated carbocycles. The topological polar surface area (TPSA) is 26.3 Å². The molecule has 2 heteroatoms. The normalized spacial score (nSPS) is 10.5. The second-order valence-corrected chi connectivity index (χ2v) is 5.37. The number of aryl methyl sites for hydroxylation is 1. The Labute approximate surface area is 123 Å². The van der Waals surface area contributed by atoms with Gasteiger partial charge in [-0.2, -0.15) is 0 Å². The summed E-state index contributed by atoms with van der Waals surface area (Å²) in [5.41, 5.74) is 0.915. The average Bonchev–Trinajstić information content (AvgIpc) is 2.64. The van der Waals surface area contributed by atoms with Crippen LogP contribution in [0.1, 0.15) is 63.9 Å². The van der Waals surface area contributed by atoms with E-state index in [-0.39, 0.29) is 5.43 Å². The highest BCUT2D eigenvalue weighted by Crippen LogP contribution is 2.11. The molecule has 0 unspecified atom stereocenters. The molecule has 0 fully saturated rings. The zero-order valence-corrected chi connectivity index (χ0v) is 13.0. The van der Waals surface area contributed by atoms with E-state index in [0.29, 0.717) is 5.75 Å². The van der Waals surface area contributed by atoms with Crippen LogP contribution in [0.5, 0.6) is 5.75 Å². The van der Waals surface area contributed by atoms with Crippen LogP contribution < -0.4 is 10.2 Å². The van der Waals surface area contributed by atoms with E-state index in [1.54, 1.807) is 13.2 Å². The fraction of sp³-hybridized carbons (Fsp3) is 0.611. The number of hydrogen-bond donors (Lipinski definition) is 0. The minimum absolute atomic E-state index is 0.0421. The molecule has 0 bridgehead atoms. The molecule has 0 radical (unpaired) electrons. The van der Waals surface area contributed by atoms with Gasteiger partial charge in [0, 0.05) is 5.56 Å². The SMILES string of the molecule is CCCCCCCCCCc1ccccc(OC)c1=O. The predicted octanol–water partition coefficient (Wildman–Crippen LogP) is 4.74. The molecule has 1 aromatic carbocycles. The Bertz CT molecular complexity index is 426. The van der Waals surface area contributed by atoms with E-state index in [4.69, 9.17) is 4.74 Å². The molecule has 112 valence electrons. The van der Waals surface area contributed by atoms with Gasteiger partial charge in [-0.05, 0) is 18.9 Å². The predicted molar refractivity (Wildman–Crippen MR) is 85.6 cm³/mol. The Morgan fingerprint density at radius 3 is 2.15 bits per heavy atom. The lowest BCUT2D eigenvalue weighted by Crippen LogP contribution is -2.08. The summed E-state index contributed by atoms with van der Waals surface area (Å²) in [6, 6.07) is 7.44. The molecule has 0 saturated heterocycles. The number of rotatable bonds is 10. The standard InChI is InChI=1S/C18H28O2/c1-3-4-5-6-7-8-9-10-13-16-14-11-12-15-17(20-2)18(16)19/h11-12,14-15H,3-10,13H2,1-2H3. The van der Waals surface area contributed by atoms with Crippen molar-refractivity contribution < 1.29 is 4.74 Å². The van der Waals surface area contributed by atoms with Gasteiger partial charge in [0.15, 0.2) is 5.75 Å². The molecule has 0 atom stereocenters. The Balaban J connectivity index is 2.29. The van der Waals surface area contributed by atoms with Gasteiger partial charge >= 0.3 is 0 Å². The molecule has 0 N–H and O–H groups in total. The van der Waals surface area contributed by atoms with Crippen molar-refractivity contribution >= 4 is 0 Å². The van der Waals surface area contributed by atoms with E-state index in [9.17, 15) is 4.79 Å². The monoisotopic (exact) mass is 276 g/mol. The van der Waals surface area contributed by atoms with Crippen LogP contribution in [0.25, 0.3) is 0 Å². The first kappa shape index (κ1) is 16.7. The third kappa shape index (κ3) is 6.23. The van der Waals surface area contributed by atoms with Crippen LogP contribution in [0.2, 0.25) is 0 Å². The maximum atomic E-state index is 12.1. The first-order chi connectivity index (χ1) is 9.79. The van der Waals surface area contributed by atoms with Crippen molar-refractivity contribution in [1.82, 2.24) is 0 Å². The molecular formula is C18H28O2. The minimum atomic E-state index is 0.0421. The van der Waals surface area contributed by atoms with E-state index in [2.05, 4.69) is 6.92 Å². The molecule has 20 heavy (non-hydrogen) atoms. The third-order valence-electron chi connectivity index (χ3n) is 3.69. The van der Waals surface area contributed by atoms with E-state index in [1.165, 1.54) is 44.9 Å². The van der Waals surface area contributed by atoms with E-state index in [1.807, 2.05) is 18.2 Å². The number of unbranched alkanes of at least 4 members (excludes halogenated alkanes) is 7. The van der Waals surface area contributed by atoms with E-state index >= 15 is 0 Å². The minimum Gasteiger partial charge on any atom is -0.493 e. The highest BCUT2D eigenvalue weighted by atomic mass is 16.5. The van der Waals surface area contributed by atoms with E-state index < -0.39 is 0 Å². The number of hydrogen-bond acceptors (Lipinski definition) is 2. The molecule has 1 aromatic rings. The Morgan fingerprint density at radius 1 is 0.900 bits per heavy atom. The Kier molecular flexibility index (Phi) is 8.77. The van der Waals surface area contributed by atoms with Crippen molar-refractivity contribution in [2.75, 3.05) is 7.11 Å². The molecule has 1 rings (SSSR count). The molecule has 0 aliphatic carbocycles. The van der Waals surface area contributed by atoms with Gasteiger partial charge in [-0.25, -0.2) is 0 Å². The lowest BCUT2D eigenvalue weighted by atomic mass is 10.0. The summed E-state index contributed by atoms with van der Waals surface area (Å²) in [5, 5.41) is 0. The van der Waals surface area contributed by atoms with Gasteiger partial charge < -0.3 is 4.74 Å². The Hall–Kier alpha value is -1.31. The van der Waals surface area contributed by atoms with Crippen LogP contribution in [-0.4, -0.2) is 7.11 Å². The zero-order chi connectivity index (χ0) is 14.6. The third-order valence-corrected chi connectivity index (χ3v) is 3.69. The maximum Gasteiger partial charge on any atom is 0.223 e. The van der Waals surface area contributed by atoms with Gasteiger partial charge in [-0.1, -0.05) is 70.1 Å². The number of methoxy groups -OCH3 is 1. The quantitative estimate of drug-likeness (QED) is 0.577. The van der Waals surface area contributed by atoms with Gasteiger partial charge in [0.25, 0.3) is 0 Å². The summed E-state index contributed by atoms with van der Waals surface area (Å²) in [4.78, 5) is 12.1. The molecule has 0 aliphatic rings. The lowest BCUT2D eigenvalue weighted by molar-refractivity contribution is 0.410. The van der Waals surface area contributed by atoms with Crippen LogP contribution in [0.3, 0.4) is 0 Å². The average molecular weight is 276 g/mol. The fourth-order valence-corrected chi connectivity index (χ4v) is 2.43. The van der Waals surface area contributed by atoms with Crippen molar-refractivity contribution in [3.05, 3.63) is 40.1 Å². The molecule has 0 spiro atoms. The highest BCUT2D eigenvalue weighted by Gasteiger charge is 2.03. The highest BCUT2D eigenvalue weighted by molar-refractivity contribution is 5.27. The van der Waals surface area contributed by atoms with Crippen molar-refractivity contribution in [3.8, 4) is 5.75 Å². The molecule has 0 heterocycles. The van der Waals surface area contributed by atoms with Gasteiger partial charge in [0.2, 0.25) is 5.43 Å². The molecule has 0 amide bonds. The van der Waals surface area contributed by atoms with Gasteiger partial charge in [0.05, 0.1) is 7.11 Å². The Morgan fingerprint density at radius 2 is 1.50 bits per heavy atom. The van der Waals surface area contributed by atoms with Gasteiger partial charge in [0.1, 0.15) is 0 Å². The van der Waals surface area contributed by atoms with Gasteiger partial charge in [-0.3, -0.25) is 4.79 Å². The van der Waals surface area contributed by atoms with Crippen LogP contribution in [0.15, 0.2) is 29.1 Å². The van der Waals surface area contributed by atoms with Crippen molar-refractivity contribution in [1.29, 1.82) is 0 Å². The van der Waals surface area contributed by atoms with Crippen LogP contribution in [0, 0.1) is 0 Å². The fourth-order valence-electron chi connectivity index (χ4n) is 2.43.